The molecule has 1 atom stereocenters. The molecule has 1 N–H and O–H groups in total. The second-order valence-electron chi connectivity index (χ2n) is 5.23. The molecule has 0 heterocycles. The number of nitrogens with zero attached hydrogens (tertiary/aromatic N) is 1. The molecule has 0 bridgehead atoms. The Bertz CT molecular complexity index is 852. The van der Waals surface area contributed by atoms with Gasteiger partial charge in [0, 0.05) is 18.2 Å². The van der Waals surface area contributed by atoms with Gasteiger partial charge in [-0.2, -0.15) is 0 Å². The standard InChI is InChI=1S/C18H15ClN2O5/c1-12(26-17(22)10-7-13-5-3-2-4-6-13)18(23)20-16-9-8-14(21(24)25)11-15(16)19/h2-12H,1H3,(H,20,23). The molecule has 0 saturated heterocycles. The lowest BCUT2D eigenvalue weighted by Crippen LogP contribution is -2.29. The van der Waals surface area contributed by atoms with Crippen LogP contribution < -0.4 is 5.32 Å². The minimum atomic E-state index is -1.07. The third kappa shape index (κ3) is 5.42. The highest BCUT2D eigenvalue weighted by Crippen LogP contribution is 2.26. The first kappa shape index (κ1) is 19.1. The largest absolute Gasteiger partial charge is 0.449 e. The molecule has 0 aromatic heterocycles. The second-order valence-corrected chi connectivity index (χ2v) is 5.64. The number of carbonyl (C=O) groups excluding carboxylic acids is 2. The molecular formula is C18H15ClN2O5. The molecule has 2 aromatic rings. The summed E-state index contributed by atoms with van der Waals surface area (Å²) in [7, 11) is 0. The van der Waals surface area contributed by atoms with Gasteiger partial charge in [-0.05, 0) is 24.6 Å². The van der Waals surface area contributed by atoms with E-state index < -0.39 is 22.9 Å². The first-order valence-corrected chi connectivity index (χ1v) is 7.93. The number of hydrogen-bond acceptors (Lipinski definition) is 5. The molecule has 1 unspecified atom stereocenters. The van der Waals surface area contributed by atoms with Crippen molar-refractivity contribution in [1.29, 1.82) is 0 Å². The summed E-state index contributed by atoms with van der Waals surface area (Å²) in [5, 5.41) is 13.1. The number of nitro groups is 1. The van der Waals surface area contributed by atoms with Crippen molar-refractivity contribution in [3.05, 3.63) is 75.3 Å². The van der Waals surface area contributed by atoms with Crippen LogP contribution in [0.1, 0.15) is 12.5 Å². The predicted octanol–water partition coefficient (Wildman–Crippen LogP) is 3.83. The van der Waals surface area contributed by atoms with Crippen LogP contribution in [0.15, 0.2) is 54.6 Å². The lowest BCUT2D eigenvalue weighted by Gasteiger charge is -2.13. The third-order valence-corrected chi connectivity index (χ3v) is 3.61. The van der Waals surface area contributed by atoms with Crippen molar-refractivity contribution < 1.29 is 19.2 Å². The number of nitrogens with one attached hydrogen (secondary N) is 1. The Balaban J connectivity index is 1.94. The molecule has 0 spiro atoms. The Labute approximate surface area is 154 Å². The fourth-order valence-electron chi connectivity index (χ4n) is 1.95. The fourth-order valence-corrected chi connectivity index (χ4v) is 2.17. The number of benzene rings is 2. The van der Waals surface area contributed by atoms with E-state index in [1.165, 1.54) is 25.1 Å². The Morgan fingerprint density at radius 2 is 1.92 bits per heavy atom. The van der Waals surface area contributed by atoms with Crippen molar-refractivity contribution in [1.82, 2.24) is 0 Å². The van der Waals surface area contributed by atoms with Crippen molar-refractivity contribution >= 4 is 40.9 Å². The van der Waals surface area contributed by atoms with Gasteiger partial charge in [0.1, 0.15) is 0 Å². The first-order valence-electron chi connectivity index (χ1n) is 7.55. The number of hydrogen-bond donors (Lipinski definition) is 1. The van der Waals surface area contributed by atoms with Gasteiger partial charge in [-0.15, -0.1) is 0 Å². The average molecular weight is 375 g/mol. The molecule has 0 saturated carbocycles. The number of anilines is 1. The molecule has 0 radical (unpaired) electrons. The van der Waals surface area contributed by atoms with E-state index in [9.17, 15) is 19.7 Å². The van der Waals surface area contributed by atoms with Crippen LogP contribution in [0.3, 0.4) is 0 Å². The van der Waals surface area contributed by atoms with E-state index in [0.29, 0.717) is 0 Å². The van der Waals surface area contributed by atoms with Gasteiger partial charge in [0.2, 0.25) is 0 Å². The molecule has 8 heteroatoms. The van der Waals surface area contributed by atoms with Gasteiger partial charge in [-0.3, -0.25) is 14.9 Å². The van der Waals surface area contributed by atoms with E-state index in [1.54, 1.807) is 6.08 Å². The smallest absolute Gasteiger partial charge is 0.331 e. The monoisotopic (exact) mass is 374 g/mol. The quantitative estimate of drug-likeness (QED) is 0.358. The Hall–Kier alpha value is -3.19. The zero-order valence-corrected chi connectivity index (χ0v) is 14.5. The van der Waals surface area contributed by atoms with Crippen LogP contribution in [0.4, 0.5) is 11.4 Å². The van der Waals surface area contributed by atoms with Crippen LogP contribution in [0, 0.1) is 10.1 Å². The number of non-ortho nitro benzene ring substituents is 1. The van der Waals surface area contributed by atoms with E-state index in [-0.39, 0.29) is 16.4 Å². The van der Waals surface area contributed by atoms with Crippen LogP contribution in [0.25, 0.3) is 6.08 Å². The summed E-state index contributed by atoms with van der Waals surface area (Å²) in [4.78, 5) is 33.9. The molecule has 7 nitrogen and oxygen atoms in total. The summed E-state index contributed by atoms with van der Waals surface area (Å²) in [5.41, 5.74) is 0.808. The van der Waals surface area contributed by atoms with Crippen LogP contribution in [0.5, 0.6) is 0 Å². The summed E-state index contributed by atoms with van der Waals surface area (Å²) in [6.07, 6.45) is 1.71. The van der Waals surface area contributed by atoms with Gasteiger partial charge in [-0.1, -0.05) is 41.9 Å². The number of halogens is 1. The number of nitro benzene ring substituents is 1. The number of carbonyl (C=O) groups is 2. The van der Waals surface area contributed by atoms with E-state index in [4.69, 9.17) is 16.3 Å². The van der Waals surface area contributed by atoms with E-state index in [2.05, 4.69) is 5.32 Å². The van der Waals surface area contributed by atoms with Gasteiger partial charge < -0.3 is 10.1 Å². The van der Waals surface area contributed by atoms with Gasteiger partial charge in [-0.25, -0.2) is 4.79 Å². The van der Waals surface area contributed by atoms with Crippen molar-refractivity contribution in [2.45, 2.75) is 13.0 Å². The Morgan fingerprint density at radius 1 is 1.23 bits per heavy atom. The van der Waals surface area contributed by atoms with Gasteiger partial charge >= 0.3 is 5.97 Å². The minimum Gasteiger partial charge on any atom is -0.449 e. The fraction of sp³-hybridized carbons (Fsp3) is 0.111. The maximum absolute atomic E-state index is 12.1. The summed E-state index contributed by atoms with van der Waals surface area (Å²) in [6.45, 7) is 1.41. The minimum absolute atomic E-state index is 0.00931. The normalized spacial score (nSPS) is 11.8. The lowest BCUT2D eigenvalue weighted by atomic mass is 10.2. The lowest BCUT2D eigenvalue weighted by molar-refractivity contribution is -0.384. The molecule has 2 rings (SSSR count). The number of esters is 1. The summed E-state index contributed by atoms with van der Waals surface area (Å²) in [5.74, 6) is -1.28. The van der Waals surface area contributed by atoms with Crippen LogP contribution in [-0.2, 0) is 14.3 Å². The molecule has 0 fully saturated rings. The zero-order valence-electron chi connectivity index (χ0n) is 13.7. The molecule has 1 amide bonds. The van der Waals surface area contributed by atoms with Crippen LogP contribution >= 0.6 is 11.6 Å². The number of amides is 1. The van der Waals surface area contributed by atoms with Gasteiger partial charge in [0.15, 0.2) is 6.10 Å². The molecule has 134 valence electrons. The van der Waals surface area contributed by atoms with Crippen molar-refractivity contribution in [3.63, 3.8) is 0 Å². The molecule has 2 aromatic carbocycles. The molecule has 0 aliphatic carbocycles. The third-order valence-electron chi connectivity index (χ3n) is 3.29. The van der Waals surface area contributed by atoms with E-state index in [0.717, 1.165) is 11.6 Å². The maximum Gasteiger partial charge on any atom is 0.331 e. The van der Waals surface area contributed by atoms with Crippen LogP contribution in [0.2, 0.25) is 5.02 Å². The highest BCUT2D eigenvalue weighted by Gasteiger charge is 2.18. The van der Waals surface area contributed by atoms with Crippen molar-refractivity contribution in [3.8, 4) is 0 Å². The van der Waals surface area contributed by atoms with Gasteiger partial charge in [0.25, 0.3) is 11.6 Å². The summed E-state index contributed by atoms with van der Waals surface area (Å²) in [6, 6.07) is 12.8. The second kappa shape index (κ2) is 8.77. The first-order chi connectivity index (χ1) is 12.4. The highest BCUT2D eigenvalue weighted by atomic mass is 35.5. The average Bonchev–Trinajstić information content (AvgIpc) is 2.62. The molecule has 0 aliphatic rings. The molecule has 26 heavy (non-hydrogen) atoms. The summed E-state index contributed by atoms with van der Waals surface area (Å²) < 4.78 is 5.02. The van der Waals surface area contributed by atoms with Crippen molar-refractivity contribution in [2.75, 3.05) is 5.32 Å². The zero-order chi connectivity index (χ0) is 19.1. The van der Waals surface area contributed by atoms with E-state index >= 15 is 0 Å². The van der Waals surface area contributed by atoms with Crippen LogP contribution in [-0.4, -0.2) is 22.9 Å². The highest BCUT2D eigenvalue weighted by molar-refractivity contribution is 6.34. The summed E-state index contributed by atoms with van der Waals surface area (Å²) >= 11 is 5.91. The van der Waals surface area contributed by atoms with Gasteiger partial charge in [0.05, 0.1) is 15.6 Å². The maximum atomic E-state index is 12.1. The molecular weight excluding hydrogens is 360 g/mol. The number of rotatable bonds is 6. The Morgan fingerprint density at radius 3 is 2.54 bits per heavy atom. The number of ether oxygens (including phenoxy) is 1. The van der Waals surface area contributed by atoms with Crippen molar-refractivity contribution in [2.24, 2.45) is 0 Å². The SMILES string of the molecule is CC(OC(=O)C=Cc1ccccc1)C(=O)Nc1ccc([N+](=O)[O-])cc1Cl. The molecule has 0 aliphatic heterocycles. The van der Waals surface area contributed by atoms with E-state index in [1.807, 2.05) is 30.3 Å². The topological polar surface area (TPSA) is 98.5 Å². The predicted molar refractivity (Wildman–Crippen MR) is 97.8 cm³/mol. The Kier molecular flexibility index (Phi) is 6.46.